The summed E-state index contributed by atoms with van der Waals surface area (Å²) in [6.07, 6.45) is 10.7. The third-order valence-corrected chi connectivity index (χ3v) is 7.87. The van der Waals surface area contributed by atoms with E-state index in [2.05, 4.69) is 43.0 Å². The van der Waals surface area contributed by atoms with Crippen LogP contribution >= 0.6 is 0 Å². The Kier molecular flexibility index (Phi) is 10.0. The Hall–Kier alpha value is -2.82. The van der Waals surface area contributed by atoms with Crippen LogP contribution in [0.15, 0.2) is 48.5 Å². The molecular weight excluding hydrogens is 460 g/mol. The SMILES string of the molecule is CCCN1CCCCCCCN(C(=O)Cc2ccc(C)cc2)[C@@H]2CCCC[C@@H]2Oc2ccccc2C1=O. The molecule has 5 nitrogen and oxygen atoms in total. The Labute approximate surface area is 223 Å². The third kappa shape index (κ3) is 7.37. The van der Waals surface area contributed by atoms with E-state index in [1.165, 1.54) is 5.56 Å². The highest BCUT2D eigenvalue weighted by molar-refractivity contribution is 5.97. The van der Waals surface area contributed by atoms with E-state index >= 15 is 0 Å². The van der Waals surface area contributed by atoms with E-state index in [1.54, 1.807) is 0 Å². The molecule has 2 amide bonds. The van der Waals surface area contributed by atoms with Crippen molar-refractivity contribution in [1.82, 2.24) is 9.80 Å². The number of rotatable bonds is 4. The second-order valence-electron chi connectivity index (χ2n) is 10.8. The molecule has 1 heterocycles. The Morgan fingerprint density at radius 3 is 2.38 bits per heavy atom. The number of hydrogen-bond donors (Lipinski definition) is 0. The average Bonchev–Trinajstić information content (AvgIpc) is 2.91. The van der Waals surface area contributed by atoms with Crippen molar-refractivity contribution in [3.8, 4) is 5.75 Å². The number of aryl methyl sites for hydroxylation is 1. The van der Waals surface area contributed by atoms with Crippen molar-refractivity contribution >= 4 is 11.8 Å². The molecule has 0 unspecified atom stereocenters. The van der Waals surface area contributed by atoms with Crippen LogP contribution in [0.4, 0.5) is 0 Å². The smallest absolute Gasteiger partial charge is 0.257 e. The molecule has 0 bridgehead atoms. The van der Waals surface area contributed by atoms with Gasteiger partial charge in [0.2, 0.25) is 5.91 Å². The second-order valence-corrected chi connectivity index (χ2v) is 10.8. The van der Waals surface area contributed by atoms with Crippen molar-refractivity contribution in [2.45, 2.75) is 96.6 Å². The molecule has 1 aliphatic heterocycles. The van der Waals surface area contributed by atoms with Gasteiger partial charge in [-0.1, -0.05) is 74.6 Å². The Bertz CT molecular complexity index is 1020. The maximum Gasteiger partial charge on any atom is 0.257 e. The van der Waals surface area contributed by atoms with Crippen molar-refractivity contribution in [2.24, 2.45) is 0 Å². The molecule has 0 aromatic heterocycles. The van der Waals surface area contributed by atoms with Crippen LogP contribution in [0, 0.1) is 6.92 Å². The lowest BCUT2D eigenvalue weighted by Gasteiger charge is -2.40. The number of amides is 2. The first kappa shape index (κ1) is 27.2. The first-order chi connectivity index (χ1) is 18.1. The van der Waals surface area contributed by atoms with Gasteiger partial charge in [-0.15, -0.1) is 0 Å². The number of para-hydroxylation sites is 1. The van der Waals surface area contributed by atoms with Crippen LogP contribution < -0.4 is 4.74 Å². The fourth-order valence-corrected chi connectivity index (χ4v) is 5.81. The van der Waals surface area contributed by atoms with Gasteiger partial charge >= 0.3 is 0 Å². The lowest BCUT2D eigenvalue weighted by atomic mass is 9.90. The maximum absolute atomic E-state index is 13.7. The van der Waals surface area contributed by atoms with Crippen LogP contribution in [0.2, 0.25) is 0 Å². The molecule has 1 aliphatic carbocycles. The van der Waals surface area contributed by atoms with E-state index in [0.29, 0.717) is 17.7 Å². The van der Waals surface area contributed by atoms with Gasteiger partial charge in [-0.05, 0) is 63.1 Å². The molecule has 2 aromatic carbocycles. The second kappa shape index (κ2) is 13.6. The van der Waals surface area contributed by atoms with Crippen molar-refractivity contribution in [3.05, 3.63) is 65.2 Å². The highest BCUT2D eigenvalue weighted by Gasteiger charge is 2.35. The van der Waals surface area contributed by atoms with Crippen LogP contribution in [0.1, 0.15) is 92.6 Å². The number of fused-ring (bicyclic) bond motifs is 2. The van der Waals surface area contributed by atoms with Gasteiger partial charge in [0.25, 0.3) is 5.91 Å². The highest BCUT2D eigenvalue weighted by Crippen LogP contribution is 2.31. The monoisotopic (exact) mass is 504 g/mol. The van der Waals surface area contributed by atoms with E-state index in [1.807, 2.05) is 29.2 Å². The molecule has 37 heavy (non-hydrogen) atoms. The highest BCUT2D eigenvalue weighted by atomic mass is 16.5. The van der Waals surface area contributed by atoms with Gasteiger partial charge in [-0.25, -0.2) is 0 Å². The van der Waals surface area contributed by atoms with E-state index in [9.17, 15) is 9.59 Å². The zero-order valence-electron chi connectivity index (χ0n) is 22.8. The fraction of sp³-hybridized carbons (Fsp3) is 0.562. The van der Waals surface area contributed by atoms with Crippen molar-refractivity contribution in [2.75, 3.05) is 19.6 Å². The van der Waals surface area contributed by atoms with Crippen molar-refractivity contribution < 1.29 is 14.3 Å². The quantitative estimate of drug-likeness (QED) is 0.473. The van der Waals surface area contributed by atoms with Crippen LogP contribution in [-0.2, 0) is 11.2 Å². The summed E-state index contributed by atoms with van der Waals surface area (Å²) >= 11 is 0. The molecular formula is C32H44N2O3. The largest absolute Gasteiger partial charge is 0.487 e. The molecule has 4 rings (SSSR count). The summed E-state index contributed by atoms with van der Waals surface area (Å²) in [5.74, 6) is 0.908. The molecule has 0 radical (unpaired) electrons. The summed E-state index contributed by atoms with van der Waals surface area (Å²) in [5.41, 5.74) is 2.91. The predicted octanol–water partition coefficient (Wildman–Crippen LogP) is 6.57. The van der Waals surface area contributed by atoms with E-state index in [0.717, 1.165) is 89.4 Å². The summed E-state index contributed by atoms with van der Waals surface area (Å²) in [6.45, 7) is 6.52. The number of hydrogen-bond acceptors (Lipinski definition) is 3. The van der Waals surface area contributed by atoms with E-state index in [-0.39, 0.29) is 24.0 Å². The first-order valence-electron chi connectivity index (χ1n) is 14.5. The van der Waals surface area contributed by atoms with Crippen molar-refractivity contribution in [3.63, 3.8) is 0 Å². The van der Waals surface area contributed by atoms with Crippen LogP contribution in [0.3, 0.4) is 0 Å². The van der Waals surface area contributed by atoms with Crippen LogP contribution in [0.5, 0.6) is 5.75 Å². The van der Waals surface area contributed by atoms with Gasteiger partial charge in [0.1, 0.15) is 11.9 Å². The molecule has 2 atom stereocenters. The molecule has 2 aliphatic rings. The molecule has 0 saturated heterocycles. The number of nitrogens with zero attached hydrogens (tertiary/aromatic N) is 2. The van der Waals surface area contributed by atoms with Crippen LogP contribution in [-0.4, -0.2) is 53.4 Å². The average molecular weight is 505 g/mol. The third-order valence-electron chi connectivity index (χ3n) is 7.87. The van der Waals surface area contributed by atoms with E-state index in [4.69, 9.17) is 4.74 Å². The van der Waals surface area contributed by atoms with Gasteiger partial charge in [-0.3, -0.25) is 9.59 Å². The summed E-state index contributed by atoms with van der Waals surface area (Å²) in [5, 5.41) is 0. The van der Waals surface area contributed by atoms with Gasteiger partial charge in [0, 0.05) is 19.6 Å². The standard InChI is InChI=1S/C32H44N2O3/c1-3-21-33-22-11-5-4-6-12-23-34(31(35)24-26-19-17-25(2)18-20-26)28-14-8-10-16-30(28)37-29-15-9-7-13-27(29)32(33)36/h7,9,13,15,17-20,28,30H,3-6,8,10-12,14,16,21-24H2,1-2H3/t28-,30+/m1/s1. The Morgan fingerprint density at radius 2 is 1.59 bits per heavy atom. The normalized spacial score (nSPS) is 21.7. The van der Waals surface area contributed by atoms with Gasteiger partial charge < -0.3 is 14.5 Å². The molecule has 1 fully saturated rings. The predicted molar refractivity (Wildman–Crippen MR) is 149 cm³/mol. The zero-order chi connectivity index (χ0) is 26.0. The maximum atomic E-state index is 13.7. The first-order valence-corrected chi connectivity index (χ1v) is 14.5. The fourth-order valence-electron chi connectivity index (χ4n) is 5.81. The summed E-state index contributed by atoms with van der Waals surface area (Å²) in [6, 6.07) is 16.0. The van der Waals surface area contributed by atoms with Crippen LogP contribution in [0.25, 0.3) is 0 Å². The Balaban J connectivity index is 1.62. The molecule has 1 saturated carbocycles. The minimum Gasteiger partial charge on any atom is -0.487 e. The summed E-state index contributed by atoms with van der Waals surface area (Å²) in [4.78, 5) is 31.4. The van der Waals surface area contributed by atoms with Gasteiger partial charge in [0.15, 0.2) is 0 Å². The number of benzene rings is 2. The minimum atomic E-state index is -0.102. The topological polar surface area (TPSA) is 49.9 Å². The summed E-state index contributed by atoms with van der Waals surface area (Å²) < 4.78 is 6.68. The van der Waals surface area contributed by atoms with E-state index < -0.39 is 0 Å². The summed E-state index contributed by atoms with van der Waals surface area (Å²) in [7, 11) is 0. The molecule has 200 valence electrons. The van der Waals surface area contributed by atoms with Gasteiger partial charge in [-0.2, -0.15) is 0 Å². The lowest BCUT2D eigenvalue weighted by molar-refractivity contribution is -0.136. The molecule has 2 aromatic rings. The van der Waals surface area contributed by atoms with Crippen molar-refractivity contribution in [1.29, 1.82) is 0 Å². The number of carbonyl (C=O) groups is 2. The molecule has 0 spiro atoms. The number of carbonyl (C=O) groups excluding carboxylic acids is 2. The lowest BCUT2D eigenvalue weighted by Crippen LogP contribution is -2.51. The molecule has 0 N–H and O–H groups in total. The number of ether oxygens (including phenoxy) is 1. The minimum absolute atomic E-state index is 0.0340. The van der Waals surface area contributed by atoms with Gasteiger partial charge in [0.05, 0.1) is 18.0 Å². The molecule has 5 heteroatoms. The Morgan fingerprint density at radius 1 is 0.892 bits per heavy atom. The zero-order valence-corrected chi connectivity index (χ0v) is 22.8.